The Labute approximate surface area is 282 Å². The van der Waals surface area contributed by atoms with Crippen LogP contribution in [0, 0.1) is 5.92 Å². The molecule has 13 unspecified atom stereocenters. The smallest absolute Gasteiger partial charge is 0.143 e. The van der Waals surface area contributed by atoms with Gasteiger partial charge in [0.1, 0.15) is 12.4 Å². The Kier molecular flexibility index (Phi) is 11.7. The van der Waals surface area contributed by atoms with Crippen molar-refractivity contribution in [3.05, 3.63) is 48.1 Å². The lowest BCUT2D eigenvalue weighted by molar-refractivity contribution is -0.273. The van der Waals surface area contributed by atoms with Crippen LogP contribution in [0.2, 0.25) is 0 Å². The van der Waals surface area contributed by atoms with E-state index in [9.17, 15) is 15.0 Å². The molecule has 5 heterocycles. The summed E-state index contributed by atoms with van der Waals surface area (Å²) in [6.07, 6.45) is 16.0. The number of carbonyl (C=O) groups is 1. The number of aldehydes is 1. The Bertz CT molecular complexity index is 1190. The number of hydrogen-bond acceptors (Lipinski definition) is 8. The second kappa shape index (κ2) is 15.1. The SMILES string of the molecule is C=C/C=C\CCC1OC2CCC3(C)OC4C(O)CC5(C)OC(CC/C=C(C)/C(C)=C/C=O)C(C)CC5OC4CC3OC2CCC1(C)O. The Morgan fingerprint density at radius 3 is 2.34 bits per heavy atom. The van der Waals surface area contributed by atoms with Gasteiger partial charge < -0.3 is 33.9 Å². The number of aliphatic hydroxyl groups excluding tert-OH is 1. The average Bonchev–Trinajstić information content (AvgIpc) is 3.27. The van der Waals surface area contributed by atoms with E-state index in [0.29, 0.717) is 25.2 Å². The summed E-state index contributed by atoms with van der Waals surface area (Å²) in [7, 11) is 0. The summed E-state index contributed by atoms with van der Waals surface area (Å²) in [5, 5.41) is 23.0. The molecule has 2 N–H and O–H groups in total. The van der Waals surface area contributed by atoms with E-state index < -0.39 is 29.0 Å². The van der Waals surface area contributed by atoms with E-state index in [4.69, 9.17) is 23.7 Å². The van der Waals surface area contributed by atoms with Crippen LogP contribution in [0.3, 0.4) is 0 Å². The first-order chi connectivity index (χ1) is 22.3. The minimum absolute atomic E-state index is 0.0469. The number of rotatable bonds is 9. The summed E-state index contributed by atoms with van der Waals surface area (Å²) in [5.41, 5.74) is -0.0535. The monoisotopic (exact) mass is 656 g/mol. The largest absolute Gasteiger partial charge is 0.390 e. The molecule has 0 amide bonds. The maximum Gasteiger partial charge on any atom is 0.143 e. The standard InChI is InChI=1S/C39H60O8/c1-8-9-10-11-15-33-37(5,42)19-16-30-31(43-33)17-20-38(6)35(44-30)23-32-36(47-38)28(41)24-39(7)34(45-32)22-27(4)29(46-39)14-12-13-25(2)26(3)18-21-40/h8-10,13,18,21,27-36,41-42H,1,11-12,14-17,19-20,22-24H2,2-7H3/b10-9-,25-13+,26-18+. The molecule has 0 saturated carbocycles. The molecule has 5 rings (SSSR count). The maximum absolute atomic E-state index is 11.7. The second-order valence-corrected chi connectivity index (χ2v) is 15.7. The summed E-state index contributed by atoms with van der Waals surface area (Å²) < 4.78 is 34.2. The van der Waals surface area contributed by atoms with Gasteiger partial charge in [0.05, 0.1) is 65.6 Å². The fourth-order valence-electron chi connectivity index (χ4n) is 8.63. The van der Waals surface area contributed by atoms with Crippen LogP contribution >= 0.6 is 0 Å². The quantitative estimate of drug-likeness (QED) is 0.165. The van der Waals surface area contributed by atoms with Crippen molar-refractivity contribution in [1.29, 1.82) is 0 Å². The minimum Gasteiger partial charge on any atom is -0.390 e. The van der Waals surface area contributed by atoms with E-state index in [1.165, 1.54) is 0 Å². The van der Waals surface area contributed by atoms with Crippen molar-refractivity contribution in [1.82, 2.24) is 0 Å². The topological polar surface area (TPSA) is 104 Å². The van der Waals surface area contributed by atoms with Gasteiger partial charge in [-0.2, -0.15) is 0 Å². The molecule has 0 bridgehead atoms. The molecule has 5 saturated heterocycles. The molecule has 0 aromatic carbocycles. The molecule has 0 aromatic rings. The summed E-state index contributed by atoms with van der Waals surface area (Å²) in [4.78, 5) is 10.9. The van der Waals surface area contributed by atoms with Gasteiger partial charge in [0.2, 0.25) is 0 Å². The molecular weight excluding hydrogens is 596 g/mol. The second-order valence-electron chi connectivity index (χ2n) is 15.7. The summed E-state index contributed by atoms with van der Waals surface area (Å²) in [6.45, 7) is 16.1. The molecule has 0 radical (unpaired) electrons. The van der Waals surface area contributed by atoms with Crippen molar-refractivity contribution in [2.75, 3.05) is 0 Å². The highest BCUT2D eigenvalue weighted by molar-refractivity contribution is 5.67. The van der Waals surface area contributed by atoms with Gasteiger partial charge in [-0.1, -0.05) is 43.4 Å². The summed E-state index contributed by atoms with van der Waals surface area (Å²) in [5.74, 6) is 0.294. The lowest BCUT2D eigenvalue weighted by Crippen LogP contribution is -2.59. The maximum atomic E-state index is 11.7. The van der Waals surface area contributed by atoms with Gasteiger partial charge in [0.15, 0.2) is 0 Å². The number of hydrogen-bond donors (Lipinski definition) is 2. The van der Waals surface area contributed by atoms with Crippen LogP contribution in [0.15, 0.2) is 48.1 Å². The van der Waals surface area contributed by atoms with E-state index >= 15 is 0 Å². The van der Waals surface area contributed by atoms with Crippen molar-refractivity contribution in [3.63, 3.8) is 0 Å². The molecule has 0 spiro atoms. The van der Waals surface area contributed by atoms with E-state index in [-0.39, 0.29) is 42.7 Å². The predicted octanol–water partition coefficient (Wildman–Crippen LogP) is 6.48. The Morgan fingerprint density at radius 2 is 1.60 bits per heavy atom. The first-order valence-electron chi connectivity index (χ1n) is 18.1. The third kappa shape index (κ3) is 8.22. The molecule has 5 aliphatic heterocycles. The van der Waals surface area contributed by atoms with Crippen LogP contribution in [-0.4, -0.2) is 88.2 Å². The Morgan fingerprint density at radius 1 is 0.894 bits per heavy atom. The van der Waals surface area contributed by atoms with E-state index in [1.54, 1.807) is 12.2 Å². The van der Waals surface area contributed by atoms with Gasteiger partial charge in [-0.15, -0.1) is 0 Å². The van der Waals surface area contributed by atoms with Crippen molar-refractivity contribution in [2.45, 2.75) is 184 Å². The Balaban J connectivity index is 1.26. The number of ether oxygens (including phenoxy) is 5. The van der Waals surface area contributed by atoms with Crippen LogP contribution in [0.4, 0.5) is 0 Å². The molecule has 8 heteroatoms. The van der Waals surface area contributed by atoms with Crippen molar-refractivity contribution in [2.24, 2.45) is 5.92 Å². The van der Waals surface area contributed by atoms with Crippen LogP contribution in [-0.2, 0) is 28.5 Å². The van der Waals surface area contributed by atoms with Gasteiger partial charge in [-0.3, -0.25) is 4.79 Å². The summed E-state index contributed by atoms with van der Waals surface area (Å²) >= 11 is 0. The van der Waals surface area contributed by atoms with Crippen molar-refractivity contribution >= 4 is 6.29 Å². The minimum atomic E-state index is -0.926. The van der Waals surface area contributed by atoms with Gasteiger partial charge in [-0.05, 0) is 110 Å². The fraction of sp³-hybridized carbons (Fsp3) is 0.769. The molecule has 5 aliphatic rings. The molecular formula is C39H60O8. The number of fused-ring (bicyclic) bond motifs is 4. The van der Waals surface area contributed by atoms with Gasteiger partial charge in [0.25, 0.3) is 0 Å². The highest BCUT2D eigenvalue weighted by atomic mass is 16.6. The normalized spacial score (nSPS) is 46.2. The highest BCUT2D eigenvalue weighted by Crippen LogP contribution is 2.49. The van der Waals surface area contributed by atoms with Crippen molar-refractivity contribution in [3.8, 4) is 0 Å². The van der Waals surface area contributed by atoms with Gasteiger partial charge in [-0.25, -0.2) is 0 Å². The summed E-state index contributed by atoms with van der Waals surface area (Å²) in [6, 6.07) is 0. The molecule has 0 aromatic heterocycles. The van der Waals surface area contributed by atoms with Gasteiger partial charge >= 0.3 is 0 Å². The highest BCUT2D eigenvalue weighted by Gasteiger charge is 2.58. The zero-order chi connectivity index (χ0) is 34.0. The number of allylic oxidation sites excluding steroid dienone is 7. The predicted molar refractivity (Wildman–Crippen MR) is 182 cm³/mol. The van der Waals surface area contributed by atoms with E-state index in [1.807, 2.05) is 26.8 Å². The van der Waals surface area contributed by atoms with E-state index in [0.717, 1.165) is 68.8 Å². The van der Waals surface area contributed by atoms with Crippen LogP contribution in [0.5, 0.6) is 0 Å². The van der Waals surface area contributed by atoms with Crippen LogP contribution < -0.4 is 0 Å². The van der Waals surface area contributed by atoms with Crippen LogP contribution in [0.1, 0.15) is 112 Å². The molecule has 47 heavy (non-hydrogen) atoms. The van der Waals surface area contributed by atoms with E-state index in [2.05, 4.69) is 39.5 Å². The van der Waals surface area contributed by atoms with Crippen molar-refractivity contribution < 1.29 is 38.7 Å². The lowest BCUT2D eigenvalue weighted by Gasteiger charge is -2.49. The molecule has 5 fully saturated rings. The Hall–Kier alpha value is -1.65. The third-order valence-electron chi connectivity index (χ3n) is 11.9. The lowest BCUT2D eigenvalue weighted by atomic mass is 9.79. The molecule has 264 valence electrons. The number of aliphatic hydroxyl groups is 2. The first kappa shape index (κ1) is 36.6. The van der Waals surface area contributed by atoms with Crippen LogP contribution in [0.25, 0.3) is 0 Å². The fourth-order valence-corrected chi connectivity index (χ4v) is 8.63. The molecule has 0 aliphatic carbocycles. The zero-order valence-electron chi connectivity index (χ0n) is 29.6. The number of carbonyl (C=O) groups excluding carboxylic acids is 1. The first-order valence-corrected chi connectivity index (χ1v) is 18.1. The zero-order valence-corrected chi connectivity index (χ0v) is 29.6. The third-order valence-corrected chi connectivity index (χ3v) is 11.9. The average molecular weight is 657 g/mol. The molecule has 8 nitrogen and oxygen atoms in total. The molecule has 13 atom stereocenters. The van der Waals surface area contributed by atoms with Gasteiger partial charge in [0, 0.05) is 12.8 Å².